The third kappa shape index (κ3) is 9.13. The fourth-order valence-corrected chi connectivity index (χ4v) is 0.825. The minimum Gasteiger partial charge on any atom is -0.448 e. The zero-order chi connectivity index (χ0) is 10.7. The largest absolute Gasteiger partial charge is 0.448 e. The van der Waals surface area contributed by atoms with Crippen molar-refractivity contribution >= 4 is 16.1 Å². The molecule has 5 nitrogen and oxygen atoms in total. The number of nitrogens with one attached hydrogen (secondary N) is 1. The molecule has 0 saturated heterocycles. The van der Waals surface area contributed by atoms with E-state index in [9.17, 15) is 13.2 Å². The van der Waals surface area contributed by atoms with Gasteiger partial charge in [-0.2, -0.15) is 0 Å². The Balaban J connectivity index is 3.92. The van der Waals surface area contributed by atoms with E-state index in [1.807, 2.05) is 20.8 Å². The Hall–Kier alpha value is -0.780. The summed E-state index contributed by atoms with van der Waals surface area (Å²) in [6.45, 7) is 5.80. The van der Waals surface area contributed by atoms with Gasteiger partial charge in [0, 0.05) is 0 Å². The molecular formula is C7H15NO4S. The summed E-state index contributed by atoms with van der Waals surface area (Å²) in [6, 6.07) is 0. The van der Waals surface area contributed by atoms with Crippen molar-refractivity contribution in [2.24, 2.45) is 5.41 Å². The van der Waals surface area contributed by atoms with Gasteiger partial charge in [0.1, 0.15) is 0 Å². The number of amides is 1. The van der Waals surface area contributed by atoms with Gasteiger partial charge in [0.25, 0.3) is 0 Å². The van der Waals surface area contributed by atoms with E-state index < -0.39 is 16.1 Å². The summed E-state index contributed by atoms with van der Waals surface area (Å²) >= 11 is 0. The maximum Gasteiger partial charge on any atom is 0.420 e. The van der Waals surface area contributed by atoms with E-state index in [1.54, 1.807) is 4.72 Å². The van der Waals surface area contributed by atoms with Crippen LogP contribution in [0.25, 0.3) is 0 Å². The fraction of sp³-hybridized carbons (Fsp3) is 0.857. The average molecular weight is 209 g/mol. The molecule has 78 valence electrons. The van der Waals surface area contributed by atoms with E-state index in [4.69, 9.17) is 0 Å². The number of carbonyl (C=O) groups excluding carboxylic acids is 1. The van der Waals surface area contributed by atoms with Crippen LogP contribution >= 0.6 is 0 Å². The van der Waals surface area contributed by atoms with Gasteiger partial charge in [-0.1, -0.05) is 20.8 Å². The highest BCUT2D eigenvalue weighted by Crippen LogP contribution is 2.12. The van der Waals surface area contributed by atoms with E-state index in [1.165, 1.54) is 0 Å². The van der Waals surface area contributed by atoms with Crippen LogP contribution in [0.15, 0.2) is 0 Å². The molecule has 0 fully saturated rings. The van der Waals surface area contributed by atoms with Gasteiger partial charge in [-0.05, 0) is 5.41 Å². The predicted molar refractivity (Wildman–Crippen MR) is 48.8 cm³/mol. The molecule has 0 aliphatic carbocycles. The molecule has 0 atom stereocenters. The third-order valence-electron chi connectivity index (χ3n) is 0.905. The molecule has 0 aliphatic rings. The smallest absolute Gasteiger partial charge is 0.420 e. The monoisotopic (exact) mass is 209 g/mol. The van der Waals surface area contributed by atoms with E-state index in [0.717, 1.165) is 6.26 Å². The SMILES string of the molecule is CC(C)(C)COC(=O)NS(C)(=O)=O. The van der Waals surface area contributed by atoms with E-state index >= 15 is 0 Å². The summed E-state index contributed by atoms with van der Waals surface area (Å²) in [4.78, 5) is 10.8. The standard InChI is InChI=1S/C7H15NO4S/c1-7(2,3)5-12-6(9)8-13(4,10)11/h5H2,1-4H3,(H,8,9). The van der Waals surface area contributed by atoms with Gasteiger partial charge in [-0.15, -0.1) is 0 Å². The van der Waals surface area contributed by atoms with Crippen LogP contribution in [0.4, 0.5) is 4.79 Å². The van der Waals surface area contributed by atoms with Gasteiger partial charge in [0.15, 0.2) is 0 Å². The fourth-order valence-electron chi connectivity index (χ4n) is 0.463. The quantitative estimate of drug-likeness (QED) is 0.727. The Labute approximate surface area is 78.5 Å². The summed E-state index contributed by atoms with van der Waals surface area (Å²) < 4.78 is 27.5. The van der Waals surface area contributed by atoms with Crippen LogP contribution in [0.1, 0.15) is 20.8 Å². The lowest BCUT2D eigenvalue weighted by atomic mass is 9.99. The number of sulfonamides is 1. The van der Waals surface area contributed by atoms with Crippen LogP contribution in [0.5, 0.6) is 0 Å². The molecule has 0 spiro atoms. The van der Waals surface area contributed by atoms with Crippen molar-refractivity contribution in [1.29, 1.82) is 0 Å². The molecule has 0 aliphatic heterocycles. The zero-order valence-electron chi connectivity index (χ0n) is 8.25. The molecule has 0 aromatic rings. The Morgan fingerprint density at radius 1 is 1.38 bits per heavy atom. The molecule has 1 amide bonds. The molecule has 0 aromatic heterocycles. The molecule has 0 radical (unpaired) electrons. The van der Waals surface area contributed by atoms with Gasteiger partial charge < -0.3 is 4.74 Å². The minimum absolute atomic E-state index is 0.172. The van der Waals surface area contributed by atoms with Crippen molar-refractivity contribution in [3.8, 4) is 0 Å². The Kier molecular flexibility index (Phi) is 3.71. The van der Waals surface area contributed by atoms with Gasteiger partial charge in [-0.25, -0.2) is 17.9 Å². The second kappa shape index (κ2) is 3.95. The van der Waals surface area contributed by atoms with Crippen molar-refractivity contribution in [3.63, 3.8) is 0 Å². The summed E-state index contributed by atoms with van der Waals surface area (Å²) in [5, 5.41) is 0. The summed E-state index contributed by atoms with van der Waals surface area (Å²) in [6.07, 6.45) is -0.0387. The topological polar surface area (TPSA) is 72.5 Å². The van der Waals surface area contributed by atoms with E-state index in [2.05, 4.69) is 4.74 Å². The van der Waals surface area contributed by atoms with Crippen LogP contribution in [0.3, 0.4) is 0 Å². The van der Waals surface area contributed by atoms with Crippen molar-refractivity contribution < 1.29 is 17.9 Å². The van der Waals surface area contributed by atoms with Crippen LogP contribution in [0.2, 0.25) is 0 Å². The lowest BCUT2D eigenvalue weighted by Gasteiger charge is -2.17. The van der Waals surface area contributed by atoms with Crippen LogP contribution < -0.4 is 4.72 Å². The maximum absolute atomic E-state index is 10.8. The Morgan fingerprint density at radius 2 is 1.85 bits per heavy atom. The van der Waals surface area contributed by atoms with Crippen molar-refractivity contribution in [3.05, 3.63) is 0 Å². The first-order chi connectivity index (χ1) is 5.60. The molecule has 0 saturated carbocycles. The first-order valence-electron chi connectivity index (χ1n) is 3.75. The first kappa shape index (κ1) is 12.2. The number of rotatable bonds is 2. The van der Waals surface area contributed by atoms with Gasteiger partial charge in [-0.3, -0.25) is 0 Å². The van der Waals surface area contributed by atoms with Crippen LogP contribution in [-0.2, 0) is 14.8 Å². The van der Waals surface area contributed by atoms with Gasteiger partial charge in [0.2, 0.25) is 10.0 Å². The van der Waals surface area contributed by atoms with Crippen LogP contribution in [0, 0.1) is 5.41 Å². The van der Waals surface area contributed by atoms with E-state index in [0.29, 0.717) is 0 Å². The Bertz CT molecular complexity index is 275. The Morgan fingerprint density at radius 3 is 2.15 bits per heavy atom. The summed E-state index contributed by atoms with van der Waals surface area (Å²) in [5.74, 6) is 0. The number of ether oxygens (including phenoxy) is 1. The number of carbonyl (C=O) groups is 1. The lowest BCUT2D eigenvalue weighted by molar-refractivity contribution is 0.111. The summed E-state index contributed by atoms with van der Waals surface area (Å²) in [7, 11) is -3.52. The highest BCUT2D eigenvalue weighted by atomic mass is 32.2. The van der Waals surface area contributed by atoms with Crippen molar-refractivity contribution in [1.82, 2.24) is 4.72 Å². The molecular weight excluding hydrogens is 194 g/mol. The molecule has 0 unspecified atom stereocenters. The maximum atomic E-state index is 10.8. The second-order valence-electron chi connectivity index (χ2n) is 4.01. The van der Waals surface area contributed by atoms with Crippen LogP contribution in [-0.4, -0.2) is 27.4 Å². The normalized spacial score (nSPS) is 12.3. The molecule has 13 heavy (non-hydrogen) atoms. The highest BCUT2D eigenvalue weighted by molar-refractivity contribution is 7.89. The predicted octanol–water partition coefficient (Wildman–Crippen LogP) is 0.718. The first-order valence-corrected chi connectivity index (χ1v) is 5.64. The average Bonchev–Trinajstić information content (AvgIpc) is 1.78. The molecule has 0 aromatic carbocycles. The minimum atomic E-state index is -3.52. The highest BCUT2D eigenvalue weighted by Gasteiger charge is 2.15. The zero-order valence-corrected chi connectivity index (χ0v) is 9.06. The number of hydrogen-bond donors (Lipinski definition) is 1. The van der Waals surface area contributed by atoms with Gasteiger partial charge in [0.05, 0.1) is 12.9 Å². The third-order valence-corrected chi connectivity index (χ3v) is 1.44. The molecule has 1 N–H and O–H groups in total. The van der Waals surface area contributed by atoms with Crippen molar-refractivity contribution in [2.75, 3.05) is 12.9 Å². The molecule has 0 rings (SSSR count). The van der Waals surface area contributed by atoms with Crippen molar-refractivity contribution in [2.45, 2.75) is 20.8 Å². The molecule has 0 heterocycles. The van der Waals surface area contributed by atoms with E-state index in [-0.39, 0.29) is 12.0 Å². The molecule has 6 heteroatoms. The summed E-state index contributed by atoms with van der Waals surface area (Å²) in [5.41, 5.74) is -0.172. The van der Waals surface area contributed by atoms with Gasteiger partial charge >= 0.3 is 6.09 Å². The second-order valence-corrected chi connectivity index (χ2v) is 5.76. The lowest BCUT2D eigenvalue weighted by Crippen LogP contribution is -2.32. The number of hydrogen-bond acceptors (Lipinski definition) is 4. The molecule has 0 bridgehead atoms.